The van der Waals surface area contributed by atoms with E-state index in [0.29, 0.717) is 0 Å². The van der Waals surface area contributed by atoms with Crippen molar-refractivity contribution in [3.63, 3.8) is 0 Å². The number of carbonyl (C=O) groups excluding carboxylic acids is 1. The van der Waals surface area contributed by atoms with Crippen LogP contribution in [0.15, 0.2) is 129 Å². The molecule has 0 aromatic heterocycles. The average Bonchev–Trinajstić information content (AvgIpc) is 2.87. The minimum Gasteiger partial charge on any atom is -0.296 e. The fraction of sp³-hybridized carbons (Fsp3) is 0.258. The Kier molecular flexibility index (Phi) is 11.8. The fourth-order valence-corrected chi connectivity index (χ4v) is 7.22. The van der Waals surface area contributed by atoms with E-state index in [0.717, 1.165) is 33.9 Å². The lowest BCUT2D eigenvalue weighted by atomic mass is 10.1. The van der Waals surface area contributed by atoms with E-state index in [1.807, 2.05) is 54.6 Å². The second-order valence-corrected chi connectivity index (χ2v) is 12.6. The van der Waals surface area contributed by atoms with E-state index >= 15 is 0 Å². The van der Waals surface area contributed by atoms with Gasteiger partial charge < -0.3 is 0 Å². The van der Waals surface area contributed by atoms with Crippen molar-refractivity contribution in [2.24, 2.45) is 0 Å². The number of rotatable bonds is 13. The minimum absolute atomic E-state index is 0.145. The van der Waals surface area contributed by atoms with Gasteiger partial charge in [-0.2, -0.15) is 0 Å². The van der Waals surface area contributed by atoms with Crippen LogP contribution in [0, 0.1) is 0 Å². The van der Waals surface area contributed by atoms with Crippen LogP contribution in [-0.4, -0.2) is 15.6 Å². The van der Waals surface area contributed by atoms with Crippen LogP contribution in [0.2, 0.25) is 0 Å². The van der Waals surface area contributed by atoms with Crippen molar-refractivity contribution < 1.29 is 4.79 Å². The quantitative estimate of drug-likeness (QED) is 0.127. The molecule has 0 N–H and O–H groups in total. The number of hydrogen-bond acceptors (Lipinski definition) is 4. The smallest absolute Gasteiger partial charge is 0.170 e. The van der Waals surface area contributed by atoms with Crippen molar-refractivity contribution in [2.45, 2.75) is 64.6 Å². The van der Waals surface area contributed by atoms with Crippen LogP contribution >= 0.6 is 35.3 Å². The van der Waals surface area contributed by atoms with Crippen LogP contribution in [0.25, 0.3) is 0 Å². The summed E-state index contributed by atoms with van der Waals surface area (Å²) >= 11 is 4.99. The lowest BCUT2D eigenvalue weighted by Crippen LogP contribution is -2.25. The van der Waals surface area contributed by atoms with Crippen molar-refractivity contribution in [3.8, 4) is 0 Å². The first kappa shape index (κ1) is 27.4. The van der Waals surface area contributed by atoms with Crippen LogP contribution in [0.5, 0.6) is 0 Å². The minimum atomic E-state index is -0.222. The van der Waals surface area contributed by atoms with Gasteiger partial charge in [0.1, 0.15) is 4.58 Å². The Bertz CT molecular complexity index is 1050. The zero-order valence-electron chi connectivity index (χ0n) is 20.7. The monoisotopic (exact) mass is 518 g/mol. The Morgan fingerprint density at radius 3 is 1.60 bits per heavy atom. The number of benzene rings is 3. The van der Waals surface area contributed by atoms with Crippen molar-refractivity contribution in [1.82, 2.24) is 0 Å². The summed E-state index contributed by atoms with van der Waals surface area (Å²) in [5.74, 6) is 0.273. The first-order chi connectivity index (χ1) is 17.0. The topological polar surface area (TPSA) is 17.1 Å². The summed E-state index contributed by atoms with van der Waals surface area (Å²) in [6, 6.07) is 30.8. The predicted molar refractivity (Wildman–Crippen MR) is 157 cm³/mol. The third-order valence-corrected chi connectivity index (χ3v) is 9.13. The van der Waals surface area contributed by atoms with E-state index in [-0.39, 0.29) is 15.6 Å². The molecule has 0 heterocycles. The maximum absolute atomic E-state index is 14.1. The van der Waals surface area contributed by atoms with Gasteiger partial charge in [-0.3, -0.25) is 4.79 Å². The molecular weight excluding hydrogens is 485 g/mol. The Morgan fingerprint density at radius 1 is 0.686 bits per heavy atom. The molecule has 1 nitrogen and oxygen atoms in total. The third kappa shape index (κ3) is 10.2. The molecule has 4 heteroatoms. The molecule has 0 aliphatic rings. The van der Waals surface area contributed by atoms with Gasteiger partial charge in [0, 0.05) is 14.7 Å². The van der Waals surface area contributed by atoms with Crippen molar-refractivity contribution in [2.75, 3.05) is 0 Å². The van der Waals surface area contributed by atoms with Gasteiger partial charge in [-0.25, -0.2) is 0 Å². The van der Waals surface area contributed by atoms with Crippen molar-refractivity contribution in [1.29, 1.82) is 0 Å². The molecule has 3 aromatic carbocycles. The normalized spacial score (nSPS) is 12.4. The van der Waals surface area contributed by atoms with Crippen LogP contribution in [0.1, 0.15) is 40.0 Å². The predicted octanol–water partition coefficient (Wildman–Crippen LogP) is 9.71. The third-order valence-electron chi connectivity index (χ3n) is 5.32. The second kappa shape index (κ2) is 15.1. The van der Waals surface area contributed by atoms with Crippen LogP contribution in [0.3, 0.4) is 0 Å². The SMILES string of the molecule is CC(C)=CCC/C(C)=C\CC(Sc1ccccc1)C(=O)C(Sc1ccccc1)Sc1ccccc1. The van der Waals surface area contributed by atoms with Crippen LogP contribution < -0.4 is 0 Å². The molecule has 3 aromatic rings. The van der Waals surface area contributed by atoms with Gasteiger partial charge in [0.05, 0.1) is 5.25 Å². The zero-order chi connectivity index (χ0) is 24.9. The maximum Gasteiger partial charge on any atom is 0.170 e. The number of thioether (sulfide) groups is 3. The molecule has 0 aliphatic carbocycles. The van der Waals surface area contributed by atoms with E-state index in [4.69, 9.17) is 0 Å². The lowest BCUT2D eigenvalue weighted by molar-refractivity contribution is -0.116. The van der Waals surface area contributed by atoms with Crippen molar-refractivity contribution >= 4 is 41.1 Å². The molecule has 3 rings (SSSR count). The van der Waals surface area contributed by atoms with Gasteiger partial charge in [0.15, 0.2) is 5.78 Å². The summed E-state index contributed by atoms with van der Waals surface area (Å²) in [4.78, 5) is 17.4. The first-order valence-electron chi connectivity index (χ1n) is 12.0. The number of hydrogen-bond donors (Lipinski definition) is 0. The number of ketones is 1. The van der Waals surface area contributed by atoms with Gasteiger partial charge in [-0.05, 0) is 76.4 Å². The molecule has 0 aliphatic heterocycles. The lowest BCUT2D eigenvalue weighted by Gasteiger charge is -2.21. The largest absolute Gasteiger partial charge is 0.296 e. The Hall–Kier alpha value is -2.14. The molecular formula is C31H34OS3. The molecule has 0 saturated carbocycles. The molecule has 0 fully saturated rings. The standard InChI is InChI=1S/C31H34OS3/c1-24(2)14-13-15-25(3)22-23-29(33-26-16-7-4-8-17-26)30(32)31(34-27-18-9-5-10-19-27)35-28-20-11-6-12-21-28/h4-12,14,16-22,29,31H,13,15,23H2,1-3H3/b25-22-. The molecule has 0 bridgehead atoms. The average molecular weight is 519 g/mol. The van der Waals surface area contributed by atoms with Gasteiger partial charge in [-0.15, -0.1) is 35.3 Å². The van der Waals surface area contributed by atoms with E-state index in [1.165, 1.54) is 11.1 Å². The summed E-state index contributed by atoms with van der Waals surface area (Å²) in [6.45, 7) is 6.46. The van der Waals surface area contributed by atoms with Gasteiger partial charge >= 0.3 is 0 Å². The van der Waals surface area contributed by atoms with Gasteiger partial charge in [0.2, 0.25) is 0 Å². The summed E-state index contributed by atoms with van der Waals surface area (Å²) < 4.78 is -0.222. The number of carbonyl (C=O) groups is 1. The summed E-state index contributed by atoms with van der Waals surface area (Å²) in [7, 11) is 0. The second-order valence-electron chi connectivity index (χ2n) is 8.62. The van der Waals surface area contributed by atoms with Crippen LogP contribution in [-0.2, 0) is 4.79 Å². The van der Waals surface area contributed by atoms with E-state index < -0.39 is 0 Å². The highest BCUT2D eigenvalue weighted by atomic mass is 32.2. The van der Waals surface area contributed by atoms with Gasteiger partial charge in [0.25, 0.3) is 0 Å². The Labute approximate surface area is 223 Å². The summed E-state index contributed by atoms with van der Waals surface area (Å²) in [6.07, 6.45) is 7.37. The highest BCUT2D eigenvalue weighted by Crippen LogP contribution is 2.40. The molecule has 1 atom stereocenters. The molecule has 0 spiro atoms. The Balaban J connectivity index is 1.83. The first-order valence-corrected chi connectivity index (χ1v) is 14.6. The zero-order valence-corrected chi connectivity index (χ0v) is 23.2. The van der Waals surface area contributed by atoms with E-state index in [1.54, 1.807) is 35.3 Å². The van der Waals surface area contributed by atoms with Crippen molar-refractivity contribution in [3.05, 3.63) is 114 Å². The molecule has 0 amide bonds. The van der Waals surface area contributed by atoms with Gasteiger partial charge in [-0.1, -0.05) is 77.9 Å². The molecule has 182 valence electrons. The highest BCUT2D eigenvalue weighted by Gasteiger charge is 2.29. The fourth-order valence-electron chi connectivity index (χ4n) is 3.42. The summed E-state index contributed by atoms with van der Waals surface area (Å²) in [5, 5.41) is -0.145. The molecule has 1 unspecified atom stereocenters. The van der Waals surface area contributed by atoms with Crippen LogP contribution in [0.4, 0.5) is 0 Å². The summed E-state index contributed by atoms with van der Waals surface area (Å²) in [5.41, 5.74) is 2.70. The maximum atomic E-state index is 14.1. The highest BCUT2D eigenvalue weighted by molar-refractivity contribution is 8.18. The Morgan fingerprint density at radius 2 is 1.14 bits per heavy atom. The molecule has 35 heavy (non-hydrogen) atoms. The van der Waals surface area contributed by atoms with E-state index in [9.17, 15) is 4.79 Å². The number of Topliss-reactive ketones (excluding diaryl/α,β-unsaturated/α-hetero) is 1. The molecule has 0 radical (unpaired) electrons. The van der Waals surface area contributed by atoms with E-state index in [2.05, 4.69) is 69.3 Å². The molecule has 0 saturated heterocycles. The number of allylic oxidation sites excluding steroid dienone is 4.